The van der Waals surface area contributed by atoms with Crippen molar-refractivity contribution in [3.8, 4) is 5.75 Å². The van der Waals surface area contributed by atoms with Crippen LogP contribution in [-0.4, -0.2) is 12.8 Å². The maximum atomic E-state index is 13.6. The van der Waals surface area contributed by atoms with E-state index in [9.17, 15) is 4.39 Å². The van der Waals surface area contributed by atoms with Crippen molar-refractivity contribution in [1.82, 2.24) is 0 Å². The van der Waals surface area contributed by atoms with Gasteiger partial charge in [0.25, 0.3) is 0 Å². The van der Waals surface area contributed by atoms with Crippen molar-refractivity contribution in [3.05, 3.63) is 64.4 Å². The summed E-state index contributed by atoms with van der Waals surface area (Å²) in [7, 11) is 1.50. The average molecular weight is 264 g/mol. The molecule has 0 radical (unpaired) electrons. The molecule has 0 unspecified atom stereocenters. The molecule has 0 aliphatic heterocycles. The van der Waals surface area contributed by atoms with Crippen LogP contribution in [0.5, 0.6) is 5.75 Å². The van der Waals surface area contributed by atoms with Crippen molar-refractivity contribution in [3.63, 3.8) is 0 Å². The zero-order valence-corrected chi connectivity index (χ0v) is 10.5. The van der Waals surface area contributed by atoms with Gasteiger partial charge in [0.15, 0.2) is 0 Å². The van der Waals surface area contributed by atoms with E-state index < -0.39 is 5.82 Å². The van der Waals surface area contributed by atoms with E-state index in [0.29, 0.717) is 16.3 Å². The van der Waals surface area contributed by atoms with Crippen LogP contribution in [0.25, 0.3) is 0 Å². The maximum Gasteiger partial charge on any atom is 0.132 e. The number of halogens is 2. The van der Waals surface area contributed by atoms with E-state index in [1.165, 1.54) is 13.2 Å². The first kappa shape index (κ1) is 12.6. The van der Waals surface area contributed by atoms with Crippen molar-refractivity contribution in [2.75, 3.05) is 7.11 Å². The minimum atomic E-state index is -0.440. The number of hydrogen-bond donors (Lipinski definition) is 1. The summed E-state index contributed by atoms with van der Waals surface area (Å²) in [5.41, 5.74) is 0.737. The van der Waals surface area contributed by atoms with Crippen molar-refractivity contribution < 1.29 is 9.13 Å². The Morgan fingerprint density at radius 3 is 2.56 bits per heavy atom. The lowest BCUT2D eigenvalue weighted by molar-refractivity contribution is 0.414. The van der Waals surface area contributed by atoms with E-state index in [0.717, 1.165) is 0 Å². The van der Waals surface area contributed by atoms with Crippen LogP contribution in [-0.2, 0) is 0 Å². The maximum absolute atomic E-state index is 13.6. The van der Waals surface area contributed by atoms with Crippen LogP contribution in [0.3, 0.4) is 0 Å². The molecule has 92 valence electrons. The fourth-order valence-corrected chi connectivity index (χ4v) is 1.86. The molecule has 0 aliphatic rings. The van der Waals surface area contributed by atoms with Gasteiger partial charge in [-0.3, -0.25) is 5.41 Å². The zero-order chi connectivity index (χ0) is 13.1. The van der Waals surface area contributed by atoms with E-state index >= 15 is 0 Å². The third-order valence-corrected chi connectivity index (χ3v) is 2.81. The summed E-state index contributed by atoms with van der Waals surface area (Å²) in [5, 5.41) is 8.55. The number of ether oxygens (including phenoxy) is 1. The lowest BCUT2D eigenvalue weighted by Crippen LogP contribution is -2.06. The summed E-state index contributed by atoms with van der Waals surface area (Å²) in [6, 6.07) is 11.1. The summed E-state index contributed by atoms with van der Waals surface area (Å²) in [6.45, 7) is 0. The standard InChI is InChI=1S/C14H11ClFNO/c1-18-13-7-6-9(15)8-11(13)14(17)10-4-2-3-5-12(10)16/h2-8,17H,1H3. The van der Waals surface area contributed by atoms with Gasteiger partial charge in [0.1, 0.15) is 11.6 Å². The third-order valence-electron chi connectivity index (χ3n) is 2.57. The average Bonchev–Trinajstić information content (AvgIpc) is 2.38. The predicted molar refractivity (Wildman–Crippen MR) is 70.3 cm³/mol. The van der Waals surface area contributed by atoms with Crippen molar-refractivity contribution in [2.24, 2.45) is 0 Å². The smallest absolute Gasteiger partial charge is 0.132 e. The fraction of sp³-hybridized carbons (Fsp3) is 0.0714. The van der Waals surface area contributed by atoms with Gasteiger partial charge in [0, 0.05) is 16.1 Å². The largest absolute Gasteiger partial charge is 0.496 e. The summed E-state index contributed by atoms with van der Waals surface area (Å²) < 4.78 is 18.8. The SMILES string of the molecule is COc1ccc(Cl)cc1C(=N)c1ccccc1F. The zero-order valence-electron chi connectivity index (χ0n) is 9.71. The van der Waals surface area contributed by atoms with Gasteiger partial charge in [-0.15, -0.1) is 0 Å². The Labute approximate surface area is 109 Å². The van der Waals surface area contributed by atoms with Crippen LogP contribution in [0.2, 0.25) is 5.02 Å². The van der Waals surface area contributed by atoms with Gasteiger partial charge in [-0.2, -0.15) is 0 Å². The first-order valence-corrected chi connectivity index (χ1v) is 5.68. The van der Waals surface area contributed by atoms with Crippen molar-refractivity contribution in [2.45, 2.75) is 0 Å². The number of rotatable bonds is 3. The Bertz CT molecular complexity index is 598. The normalized spacial score (nSPS) is 10.2. The summed E-state index contributed by atoms with van der Waals surface area (Å²) in [5.74, 6) is 0.0529. The molecule has 2 aromatic carbocycles. The summed E-state index contributed by atoms with van der Waals surface area (Å²) >= 11 is 5.90. The second kappa shape index (κ2) is 5.19. The summed E-state index contributed by atoms with van der Waals surface area (Å²) in [4.78, 5) is 0. The molecule has 0 amide bonds. The van der Waals surface area contributed by atoms with E-state index in [2.05, 4.69) is 0 Å². The highest BCUT2D eigenvalue weighted by atomic mass is 35.5. The molecule has 0 aromatic heterocycles. The third kappa shape index (κ3) is 2.36. The quantitative estimate of drug-likeness (QED) is 0.837. The molecule has 1 N–H and O–H groups in total. The van der Waals surface area contributed by atoms with Gasteiger partial charge in [0.05, 0.1) is 12.8 Å². The number of nitrogens with one attached hydrogen (secondary N) is 1. The van der Waals surface area contributed by atoms with E-state index in [1.807, 2.05) is 0 Å². The molecule has 0 spiro atoms. The first-order chi connectivity index (χ1) is 8.63. The topological polar surface area (TPSA) is 33.1 Å². The van der Waals surface area contributed by atoms with Gasteiger partial charge in [0.2, 0.25) is 0 Å². The van der Waals surface area contributed by atoms with Gasteiger partial charge < -0.3 is 4.74 Å². The Morgan fingerprint density at radius 2 is 1.89 bits per heavy atom. The lowest BCUT2D eigenvalue weighted by Gasteiger charge is -2.11. The second-order valence-corrected chi connectivity index (χ2v) is 4.14. The van der Waals surface area contributed by atoms with E-state index in [4.69, 9.17) is 21.7 Å². The Morgan fingerprint density at radius 1 is 1.17 bits per heavy atom. The lowest BCUT2D eigenvalue weighted by atomic mass is 10.0. The monoisotopic (exact) mass is 263 g/mol. The molecule has 2 aromatic rings. The van der Waals surface area contributed by atoms with E-state index in [1.54, 1.807) is 36.4 Å². The number of hydrogen-bond acceptors (Lipinski definition) is 2. The van der Waals surface area contributed by atoms with Crippen molar-refractivity contribution >= 4 is 17.3 Å². The Hall–Kier alpha value is -1.87. The molecular formula is C14H11ClFNO. The van der Waals surface area contributed by atoms with Gasteiger partial charge >= 0.3 is 0 Å². The van der Waals surface area contributed by atoms with Gasteiger partial charge in [-0.25, -0.2) is 4.39 Å². The van der Waals surface area contributed by atoms with Gasteiger partial charge in [-0.1, -0.05) is 23.7 Å². The molecule has 18 heavy (non-hydrogen) atoms. The van der Waals surface area contributed by atoms with Crippen LogP contribution in [0.4, 0.5) is 4.39 Å². The highest BCUT2D eigenvalue weighted by molar-refractivity contribution is 6.31. The fourth-order valence-electron chi connectivity index (χ4n) is 1.68. The van der Waals surface area contributed by atoms with Gasteiger partial charge in [-0.05, 0) is 30.3 Å². The minimum absolute atomic E-state index is 0.0486. The molecule has 0 bridgehead atoms. The van der Waals surface area contributed by atoms with Crippen LogP contribution in [0.1, 0.15) is 11.1 Å². The van der Waals surface area contributed by atoms with Crippen LogP contribution in [0.15, 0.2) is 42.5 Å². The molecule has 0 saturated heterocycles. The second-order valence-electron chi connectivity index (χ2n) is 3.70. The molecule has 0 fully saturated rings. The number of benzene rings is 2. The first-order valence-electron chi connectivity index (χ1n) is 5.31. The molecule has 0 aliphatic carbocycles. The minimum Gasteiger partial charge on any atom is -0.496 e. The van der Waals surface area contributed by atoms with Crippen LogP contribution >= 0.6 is 11.6 Å². The van der Waals surface area contributed by atoms with Crippen LogP contribution in [0, 0.1) is 11.2 Å². The Kier molecular flexibility index (Phi) is 3.63. The highest BCUT2D eigenvalue weighted by Crippen LogP contribution is 2.25. The molecule has 0 atom stereocenters. The molecule has 2 rings (SSSR count). The summed E-state index contributed by atoms with van der Waals surface area (Å²) in [6.07, 6.45) is 0. The molecule has 4 heteroatoms. The predicted octanol–water partition coefficient (Wildman–Crippen LogP) is 3.90. The highest BCUT2D eigenvalue weighted by Gasteiger charge is 2.14. The van der Waals surface area contributed by atoms with Crippen molar-refractivity contribution in [1.29, 1.82) is 5.41 Å². The number of methoxy groups -OCH3 is 1. The Balaban J connectivity index is 2.52. The molecular weight excluding hydrogens is 253 g/mol. The van der Waals surface area contributed by atoms with Crippen LogP contribution < -0.4 is 4.74 Å². The van der Waals surface area contributed by atoms with E-state index in [-0.39, 0.29) is 11.3 Å². The molecule has 0 heterocycles. The molecule has 0 saturated carbocycles. The molecule has 2 nitrogen and oxygen atoms in total.